The maximum Gasteiger partial charge on any atom is 0.371 e. The Balaban J connectivity index is 2.08. The van der Waals surface area contributed by atoms with Crippen LogP contribution in [-0.2, 0) is 0 Å². The van der Waals surface area contributed by atoms with Crippen LogP contribution in [0.3, 0.4) is 0 Å². The molecule has 1 N–H and O–H groups in total. The summed E-state index contributed by atoms with van der Waals surface area (Å²) in [6.07, 6.45) is 0. The van der Waals surface area contributed by atoms with E-state index in [1.54, 1.807) is 6.07 Å². The Bertz CT molecular complexity index is 504. The highest BCUT2D eigenvalue weighted by Gasteiger charge is 2.13. The second-order valence-electron chi connectivity index (χ2n) is 3.59. The predicted octanol–water partition coefficient (Wildman–Crippen LogP) is 3.83. The van der Waals surface area contributed by atoms with Crippen LogP contribution in [-0.4, -0.2) is 11.1 Å². The largest absolute Gasteiger partial charge is 0.475 e. The van der Waals surface area contributed by atoms with Gasteiger partial charge >= 0.3 is 5.97 Å². The molecule has 1 aromatic heterocycles. The van der Waals surface area contributed by atoms with E-state index in [1.807, 2.05) is 30.3 Å². The van der Waals surface area contributed by atoms with Crippen molar-refractivity contribution in [1.29, 1.82) is 0 Å². The molecule has 1 aromatic carbocycles. The first-order chi connectivity index (χ1) is 8.16. The van der Waals surface area contributed by atoms with Crippen LogP contribution in [0.15, 0.2) is 52.0 Å². The van der Waals surface area contributed by atoms with E-state index >= 15 is 0 Å². The first kappa shape index (κ1) is 11.8. The molecular weight excluding hydrogens is 236 g/mol. The number of hydrogen-bond donors (Lipinski definition) is 1. The molecule has 1 unspecified atom stereocenters. The topological polar surface area (TPSA) is 50.4 Å². The summed E-state index contributed by atoms with van der Waals surface area (Å²) >= 11 is 1.50. The standard InChI is InChI=1S/C13H12O3S/c1-9(10-5-3-2-4-6-10)17-12-8-7-11(16-12)13(14)15/h2-9H,1H3,(H,14,15). The van der Waals surface area contributed by atoms with Gasteiger partial charge in [-0.2, -0.15) is 0 Å². The number of benzene rings is 1. The van der Waals surface area contributed by atoms with Gasteiger partial charge in [-0.3, -0.25) is 0 Å². The smallest absolute Gasteiger partial charge is 0.371 e. The van der Waals surface area contributed by atoms with Gasteiger partial charge in [0.05, 0.1) is 0 Å². The van der Waals surface area contributed by atoms with Gasteiger partial charge in [0.1, 0.15) is 0 Å². The van der Waals surface area contributed by atoms with Crippen molar-refractivity contribution in [2.24, 2.45) is 0 Å². The molecule has 3 nitrogen and oxygen atoms in total. The quantitative estimate of drug-likeness (QED) is 0.835. The van der Waals surface area contributed by atoms with Crippen LogP contribution in [0.5, 0.6) is 0 Å². The summed E-state index contributed by atoms with van der Waals surface area (Å²) in [6.45, 7) is 2.06. The number of carboxylic acid groups (broad SMARTS) is 1. The van der Waals surface area contributed by atoms with Gasteiger partial charge in [0, 0.05) is 5.25 Å². The number of thioether (sulfide) groups is 1. The van der Waals surface area contributed by atoms with Gasteiger partial charge in [0.15, 0.2) is 5.09 Å². The van der Waals surface area contributed by atoms with Crippen molar-refractivity contribution < 1.29 is 14.3 Å². The number of rotatable bonds is 4. The zero-order valence-electron chi connectivity index (χ0n) is 9.29. The summed E-state index contributed by atoms with van der Waals surface area (Å²) in [5.41, 5.74) is 1.19. The fraction of sp³-hybridized carbons (Fsp3) is 0.154. The van der Waals surface area contributed by atoms with Crippen LogP contribution < -0.4 is 0 Å². The van der Waals surface area contributed by atoms with Crippen molar-refractivity contribution >= 4 is 17.7 Å². The first-order valence-electron chi connectivity index (χ1n) is 5.21. The van der Waals surface area contributed by atoms with Crippen molar-refractivity contribution in [2.45, 2.75) is 17.3 Å². The Morgan fingerprint density at radius 3 is 2.53 bits per heavy atom. The summed E-state index contributed by atoms with van der Waals surface area (Å²) in [7, 11) is 0. The van der Waals surface area contributed by atoms with E-state index in [4.69, 9.17) is 9.52 Å². The van der Waals surface area contributed by atoms with E-state index in [2.05, 4.69) is 6.92 Å². The van der Waals surface area contributed by atoms with Gasteiger partial charge in [-0.05, 0) is 24.6 Å². The van der Waals surface area contributed by atoms with Crippen molar-refractivity contribution in [2.75, 3.05) is 0 Å². The molecule has 0 aliphatic carbocycles. The number of aromatic carboxylic acids is 1. The van der Waals surface area contributed by atoms with Crippen LogP contribution >= 0.6 is 11.8 Å². The molecule has 0 aliphatic rings. The lowest BCUT2D eigenvalue weighted by Crippen LogP contribution is -1.91. The van der Waals surface area contributed by atoms with Crippen LogP contribution in [0, 0.1) is 0 Å². The van der Waals surface area contributed by atoms with Crippen LogP contribution in [0.1, 0.15) is 28.3 Å². The van der Waals surface area contributed by atoms with Gasteiger partial charge in [0.25, 0.3) is 0 Å². The Morgan fingerprint density at radius 1 is 1.24 bits per heavy atom. The second kappa shape index (κ2) is 5.10. The lowest BCUT2D eigenvalue weighted by molar-refractivity contribution is 0.0656. The first-order valence-corrected chi connectivity index (χ1v) is 6.09. The van der Waals surface area contributed by atoms with Gasteiger partial charge in [0.2, 0.25) is 5.76 Å². The van der Waals surface area contributed by atoms with E-state index in [0.29, 0.717) is 5.09 Å². The number of hydrogen-bond acceptors (Lipinski definition) is 3. The SMILES string of the molecule is CC(Sc1ccc(C(=O)O)o1)c1ccccc1. The summed E-state index contributed by atoms with van der Waals surface area (Å²) in [4.78, 5) is 10.7. The lowest BCUT2D eigenvalue weighted by atomic mass is 10.2. The molecule has 1 heterocycles. The Kier molecular flexibility index (Phi) is 3.54. The average molecular weight is 248 g/mol. The van der Waals surface area contributed by atoms with E-state index in [0.717, 1.165) is 0 Å². The molecule has 0 amide bonds. The van der Waals surface area contributed by atoms with Gasteiger partial charge in [-0.15, -0.1) is 0 Å². The second-order valence-corrected chi connectivity index (χ2v) is 4.94. The van der Waals surface area contributed by atoms with Crippen molar-refractivity contribution in [1.82, 2.24) is 0 Å². The monoisotopic (exact) mass is 248 g/mol. The summed E-state index contributed by atoms with van der Waals surface area (Å²) < 4.78 is 5.20. The third-order valence-corrected chi connectivity index (χ3v) is 3.43. The average Bonchev–Trinajstić information content (AvgIpc) is 2.79. The van der Waals surface area contributed by atoms with Crippen LogP contribution in [0.2, 0.25) is 0 Å². The van der Waals surface area contributed by atoms with Crippen LogP contribution in [0.25, 0.3) is 0 Å². The highest BCUT2D eigenvalue weighted by atomic mass is 32.2. The van der Waals surface area contributed by atoms with E-state index in [-0.39, 0.29) is 11.0 Å². The molecule has 88 valence electrons. The molecule has 0 saturated carbocycles. The third kappa shape index (κ3) is 2.91. The van der Waals surface area contributed by atoms with Crippen LogP contribution in [0.4, 0.5) is 0 Å². The Morgan fingerprint density at radius 2 is 1.94 bits per heavy atom. The molecule has 0 fully saturated rings. The van der Waals surface area contributed by atoms with Gasteiger partial charge in [-0.1, -0.05) is 42.1 Å². The Labute approximate surface area is 103 Å². The summed E-state index contributed by atoms with van der Waals surface area (Å²) in [5.74, 6) is -1.06. The van der Waals surface area contributed by atoms with Crippen molar-refractivity contribution in [3.63, 3.8) is 0 Å². The molecule has 4 heteroatoms. The molecule has 0 spiro atoms. The highest BCUT2D eigenvalue weighted by Crippen LogP contribution is 2.35. The molecular formula is C13H12O3S. The highest BCUT2D eigenvalue weighted by molar-refractivity contribution is 7.99. The zero-order valence-corrected chi connectivity index (χ0v) is 10.1. The molecule has 2 rings (SSSR count). The minimum Gasteiger partial charge on any atom is -0.475 e. The molecule has 1 atom stereocenters. The lowest BCUT2D eigenvalue weighted by Gasteiger charge is -2.08. The number of furan rings is 1. The summed E-state index contributed by atoms with van der Waals surface area (Å²) in [6, 6.07) is 13.2. The third-order valence-electron chi connectivity index (χ3n) is 2.35. The maximum atomic E-state index is 10.7. The van der Waals surface area contributed by atoms with Crippen molar-refractivity contribution in [3.05, 3.63) is 53.8 Å². The fourth-order valence-electron chi connectivity index (χ4n) is 1.46. The molecule has 17 heavy (non-hydrogen) atoms. The maximum absolute atomic E-state index is 10.7. The molecule has 0 radical (unpaired) electrons. The van der Waals surface area contributed by atoms with Gasteiger partial charge < -0.3 is 9.52 Å². The fourth-order valence-corrected chi connectivity index (χ4v) is 2.39. The Hall–Kier alpha value is -1.68. The normalized spacial score (nSPS) is 12.3. The minimum absolute atomic E-state index is 0.0206. The molecule has 0 aliphatic heterocycles. The zero-order chi connectivity index (χ0) is 12.3. The van der Waals surface area contributed by atoms with E-state index < -0.39 is 5.97 Å². The summed E-state index contributed by atoms with van der Waals surface area (Å²) in [5, 5.41) is 9.60. The molecule has 2 aromatic rings. The predicted molar refractivity (Wildman–Crippen MR) is 66.4 cm³/mol. The van der Waals surface area contributed by atoms with Crippen molar-refractivity contribution in [3.8, 4) is 0 Å². The van der Waals surface area contributed by atoms with Gasteiger partial charge in [-0.25, -0.2) is 4.79 Å². The van der Waals surface area contributed by atoms with E-state index in [9.17, 15) is 4.79 Å². The number of carboxylic acids is 1. The van der Waals surface area contributed by atoms with E-state index in [1.165, 1.54) is 23.4 Å². The molecule has 0 bridgehead atoms. The minimum atomic E-state index is -1.04. The molecule has 0 saturated heterocycles. The number of carbonyl (C=O) groups is 1.